The topological polar surface area (TPSA) is 29.5 Å². The molecule has 1 aliphatic carbocycles. The van der Waals surface area contributed by atoms with Crippen molar-refractivity contribution >= 4 is 5.91 Å². The number of rotatable bonds is 6. The van der Waals surface area contributed by atoms with Crippen LogP contribution in [0.3, 0.4) is 0 Å². The smallest absolute Gasteiger partial charge is 0.362 e. The Bertz CT molecular complexity index is 288. The van der Waals surface area contributed by atoms with Crippen LogP contribution in [0.15, 0.2) is 0 Å². The van der Waals surface area contributed by atoms with Gasteiger partial charge in [0, 0.05) is 12.1 Å². The molecule has 1 atom stereocenters. The number of halogens is 3. The molecule has 0 aromatic carbocycles. The summed E-state index contributed by atoms with van der Waals surface area (Å²) in [7, 11) is 0. The maximum atomic E-state index is 11.9. The van der Waals surface area contributed by atoms with Crippen LogP contribution >= 0.6 is 0 Å². The van der Waals surface area contributed by atoms with Crippen LogP contribution in [0.1, 0.15) is 33.6 Å². The molecule has 1 fully saturated rings. The summed E-state index contributed by atoms with van der Waals surface area (Å²) in [6, 6.07) is 0.212. The first-order valence-electron chi connectivity index (χ1n) is 6.18. The normalized spacial score (nSPS) is 17.9. The quantitative estimate of drug-likeness (QED) is 0.740. The maximum Gasteiger partial charge on any atom is 0.411 e. The summed E-state index contributed by atoms with van der Waals surface area (Å²) in [5.74, 6) is -0.0693. The summed E-state index contributed by atoms with van der Waals surface area (Å²) in [6.45, 7) is 4.04. The van der Waals surface area contributed by atoms with E-state index in [4.69, 9.17) is 0 Å². The molecular formula is C12H20F3NO2. The Labute approximate surface area is 105 Å². The van der Waals surface area contributed by atoms with Crippen LogP contribution in [0, 0.1) is 5.92 Å². The van der Waals surface area contributed by atoms with E-state index in [-0.39, 0.29) is 23.9 Å². The van der Waals surface area contributed by atoms with Crippen molar-refractivity contribution in [3.05, 3.63) is 0 Å². The first-order chi connectivity index (χ1) is 8.22. The Morgan fingerprint density at radius 2 is 1.89 bits per heavy atom. The molecule has 0 bridgehead atoms. The summed E-state index contributed by atoms with van der Waals surface area (Å²) < 4.78 is 40.2. The molecule has 0 aliphatic heterocycles. The van der Waals surface area contributed by atoms with Gasteiger partial charge in [-0.2, -0.15) is 13.2 Å². The van der Waals surface area contributed by atoms with Gasteiger partial charge in [-0.05, 0) is 25.7 Å². The predicted octanol–water partition coefficient (Wildman–Crippen LogP) is 2.60. The van der Waals surface area contributed by atoms with E-state index in [1.54, 1.807) is 4.90 Å². The Balaban J connectivity index is 2.46. The van der Waals surface area contributed by atoms with E-state index in [1.165, 1.54) is 0 Å². The van der Waals surface area contributed by atoms with Crippen LogP contribution in [0.4, 0.5) is 13.2 Å². The molecule has 0 aromatic rings. The van der Waals surface area contributed by atoms with Gasteiger partial charge in [-0.25, -0.2) is 0 Å². The summed E-state index contributed by atoms with van der Waals surface area (Å²) >= 11 is 0. The molecule has 6 heteroatoms. The van der Waals surface area contributed by atoms with Crippen molar-refractivity contribution in [2.45, 2.75) is 51.9 Å². The van der Waals surface area contributed by atoms with E-state index in [0.29, 0.717) is 0 Å². The zero-order valence-corrected chi connectivity index (χ0v) is 11.0. The van der Waals surface area contributed by atoms with E-state index >= 15 is 0 Å². The third-order valence-corrected chi connectivity index (χ3v) is 3.12. The summed E-state index contributed by atoms with van der Waals surface area (Å²) in [4.78, 5) is 13.6. The van der Waals surface area contributed by atoms with Gasteiger partial charge in [-0.3, -0.25) is 4.79 Å². The highest BCUT2D eigenvalue weighted by molar-refractivity contribution is 5.78. The first-order valence-corrected chi connectivity index (χ1v) is 6.18. The van der Waals surface area contributed by atoms with Gasteiger partial charge in [0.1, 0.15) is 13.2 Å². The highest BCUT2D eigenvalue weighted by atomic mass is 19.4. The zero-order chi connectivity index (χ0) is 13.9. The number of alkyl halides is 3. The second-order valence-corrected chi connectivity index (χ2v) is 5.12. The van der Waals surface area contributed by atoms with Gasteiger partial charge >= 0.3 is 6.18 Å². The van der Waals surface area contributed by atoms with Crippen LogP contribution < -0.4 is 0 Å². The zero-order valence-electron chi connectivity index (χ0n) is 11.0. The van der Waals surface area contributed by atoms with Crippen LogP contribution in [0.25, 0.3) is 0 Å². The number of ether oxygens (including phenoxy) is 1. The molecule has 1 rings (SSSR count). The lowest BCUT2D eigenvalue weighted by Crippen LogP contribution is -2.45. The Morgan fingerprint density at radius 1 is 1.33 bits per heavy atom. The van der Waals surface area contributed by atoms with Crippen LogP contribution in [0.2, 0.25) is 0 Å². The van der Waals surface area contributed by atoms with Gasteiger partial charge in [0.25, 0.3) is 0 Å². The van der Waals surface area contributed by atoms with Crippen molar-refractivity contribution in [1.29, 1.82) is 0 Å². The minimum absolute atomic E-state index is 0.0273. The second-order valence-electron chi connectivity index (χ2n) is 5.12. The van der Waals surface area contributed by atoms with Gasteiger partial charge in [0.05, 0.1) is 0 Å². The van der Waals surface area contributed by atoms with Gasteiger partial charge < -0.3 is 9.64 Å². The van der Waals surface area contributed by atoms with Gasteiger partial charge in [0.15, 0.2) is 0 Å². The lowest BCUT2D eigenvalue weighted by molar-refractivity contribution is -0.178. The fourth-order valence-corrected chi connectivity index (χ4v) is 1.77. The summed E-state index contributed by atoms with van der Waals surface area (Å²) in [5.41, 5.74) is 0. The number of hydrogen-bond acceptors (Lipinski definition) is 2. The molecule has 1 saturated carbocycles. The van der Waals surface area contributed by atoms with Crippen LogP contribution in [-0.2, 0) is 9.53 Å². The van der Waals surface area contributed by atoms with Crippen molar-refractivity contribution in [2.75, 3.05) is 13.2 Å². The fourth-order valence-electron chi connectivity index (χ4n) is 1.77. The van der Waals surface area contributed by atoms with Crippen LogP contribution in [-0.4, -0.2) is 42.3 Å². The number of carbonyl (C=O) groups excluding carboxylic acids is 1. The Kier molecular flexibility index (Phi) is 5.01. The third-order valence-electron chi connectivity index (χ3n) is 3.12. The Morgan fingerprint density at radius 3 is 2.28 bits per heavy atom. The van der Waals surface area contributed by atoms with E-state index in [1.807, 2.05) is 20.8 Å². The average Bonchev–Trinajstić information content (AvgIpc) is 2.99. The first kappa shape index (κ1) is 15.3. The van der Waals surface area contributed by atoms with Crippen molar-refractivity contribution in [3.8, 4) is 0 Å². The summed E-state index contributed by atoms with van der Waals surface area (Å²) in [6.07, 6.45) is -2.52. The molecule has 1 unspecified atom stereocenters. The molecular weight excluding hydrogens is 247 g/mol. The largest absolute Gasteiger partial charge is 0.411 e. The summed E-state index contributed by atoms with van der Waals surface area (Å²) in [5, 5.41) is 0. The van der Waals surface area contributed by atoms with E-state index in [0.717, 1.165) is 12.8 Å². The Hall–Kier alpha value is -0.780. The number of nitrogens with zero attached hydrogens (tertiary/aromatic N) is 1. The molecule has 0 aromatic heterocycles. The molecule has 3 nitrogen and oxygen atoms in total. The van der Waals surface area contributed by atoms with Crippen molar-refractivity contribution in [1.82, 2.24) is 4.90 Å². The molecule has 0 saturated heterocycles. The molecule has 1 amide bonds. The average molecular weight is 267 g/mol. The standard InChI is InChI=1S/C12H20F3NO2/c1-8(2)9(3)16(10-4-5-10)11(17)6-18-7-12(13,14)15/h8-10H,4-7H2,1-3H3. The minimum atomic E-state index is -4.38. The molecule has 0 radical (unpaired) electrons. The van der Waals surface area contributed by atoms with E-state index < -0.39 is 19.4 Å². The van der Waals surface area contributed by atoms with Crippen molar-refractivity contribution in [2.24, 2.45) is 5.92 Å². The third kappa shape index (κ3) is 4.84. The predicted molar refractivity (Wildman–Crippen MR) is 61.0 cm³/mol. The molecule has 106 valence electrons. The number of carbonyl (C=O) groups is 1. The molecule has 0 spiro atoms. The van der Waals surface area contributed by atoms with Crippen LogP contribution in [0.5, 0.6) is 0 Å². The lowest BCUT2D eigenvalue weighted by Gasteiger charge is -2.32. The second kappa shape index (κ2) is 5.91. The highest BCUT2D eigenvalue weighted by Crippen LogP contribution is 2.30. The molecule has 18 heavy (non-hydrogen) atoms. The lowest BCUT2D eigenvalue weighted by atomic mass is 10.0. The minimum Gasteiger partial charge on any atom is -0.362 e. The van der Waals surface area contributed by atoms with E-state index in [2.05, 4.69) is 4.74 Å². The molecule has 0 N–H and O–H groups in total. The van der Waals surface area contributed by atoms with Crippen molar-refractivity contribution < 1.29 is 22.7 Å². The fraction of sp³-hybridized carbons (Fsp3) is 0.917. The van der Waals surface area contributed by atoms with E-state index in [9.17, 15) is 18.0 Å². The number of amides is 1. The molecule has 0 heterocycles. The van der Waals surface area contributed by atoms with Gasteiger partial charge in [-0.15, -0.1) is 0 Å². The van der Waals surface area contributed by atoms with Gasteiger partial charge in [0.2, 0.25) is 5.91 Å². The monoisotopic (exact) mass is 267 g/mol. The number of hydrogen-bond donors (Lipinski definition) is 0. The SMILES string of the molecule is CC(C)C(C)N(C(=O)COCC(F)(F)F)C1CC1. The van der Waals surface area contributed by atoms with Gasteiger partial charge in [-0.1, -0.05) is 13.8 Å². The molecule has 1 aliphatic rings. The van der Waals surface area contributed by atoms with Crippen molar-refractivity contribution in [3.63, 3.8) is 0 Å². The highest BCUT2D eigenvalue weighted by Gasteiger charge is 2.37. The maximum absolute atomic E-state index is 11.9.